The van der Waals surface area contributed by atoms with E-state index in [0.29, 0.717) is 18.7 Å². The Balaban J connectivity index is 0.000000291. The zero-order valence-electron chi connectivity index (χ0n) is 20.4. The van der Waals surface area contributed by atoms with Crippen LogP contribution >= 0.6 is 0 Å². The van der Waals surface area contributed by atoms with Gasteiger partial charge in [-0.05, 0) is 55.4 Å². The van der Waals surface area contributed by atoms with Crippen molar-refractivity contribution in [1.29, 1.82) is 0 Å². The monoisotopic (exact) mass is 410 g/mol. The Morgan fingerprint density at radius 2 is 1.00 bits per heavy atom. The molecule has 0 bridgehead atoms. The van der Waals surface area contributed by atoms with Gasteiger partial charge in [-0.25, -0.2) is 0 Å². The molecule has 2 fully saturated rings. The Bertz CT molecular complexity index is 506. The molecule has 0 aromatic rings. The molecule has 2 aliphatic heterocycles. The van der Waals surface area contributed by atoms with Crippen LogP contribution in [0.5, 0.6) is 0 Å². The molecular formula is C23H46N4O2. The first-order chi connectivity index (χ1) is 13.3. The van der Waals surface area contributed by atoms with Crippen LogP contribution in [-0.4, -0.2) is 108 Å². The van der Waals surface area contributed by atoms with Crippen LogP contribution in [-0.2, 0) is 9.59 Å². The van der Waals surface area contributed by atoms with Crippen molar-refractivity contribution in [1.82, 2.24) is 19.6 Å². The number of nitrogens with zero attached hydrogens (tertiary/aromatic N) is 4. The summed E-state index contributed by atoms with van der Waals surface area (Å²) in [6.07, 6.45) is 0.704. The van der Waals surface area contributed by atoms with E-state index >= 15 is 0 Å². The first-order valence-electron chi connectivity index (χ1n) is 11.2. The van der Waals surface area contributed by atoms with E-state index in [0.717, 1.165) is 58.9 Å². The normalized spacial score (nSPS) is 20.8. The van der Waals surface area contributed by atoms with Crippen LogP contribution in [0.2, 0.25) is 0 Å². The number of ketones is 2. The molecule has 0 N–H and O–H groups in total. The summed E-state index contributed by atoms with van der Waals surface area (Å²) in [6.45, 7) is 27.1. The SMILES string of the molecule is CC(=O)CCN1CCN(C(C)(C)C)CC1.CC(=O)CN1CCN(C(C)(C)C)CC1. The van der Waals surface area contributed by atoms with Crippen LogP contribution < -0.4 is 0 Å². The van der Waals surface area contributed by atoms with Crippen LogP contribution in [0.1, 0.15) is 61.8 Å². The van der Waals surface area contributed by atoms with Crippen molar-refractivity contribution in [2.75, 3.05) is 65.4 Å². The largest absolute Gasteiger partial charge is 0.300 e. The second-order valence-corrected chi connectivity index (χ2v) is 10.6. The molecule has 0 unspecified atom stereocenters. The zero-order valence-corrected chi connectivity index (χ0v) is 20.4. The smallest absolute Gasteiger partial charge is 0.143 e. The Morgan fingerprint density at radius 1 is 0.621 bits per heavy atom. The number of hydrogen-bond donors (Lipinski definition) is 0. The predicted molar refractivity (Wildman–Crippen MR) is 122 cm³/mol. The highest BCUT2D eigenvalue weighted by Crippen LogP contribution is 2.16. The third-order valence-electron chi connectivity index (χ3n) is 5.87. The number of rotatable bonds is 5. The lowest BCUT2D eigenvalue weighted by molar-refractivity contribution is -0.119. The lowest BCUT2D eigenvalue weighted by Gasteiger charge is -2.42. The van der Waals surface area contributed by atoms with Gasteiger partial charge in [0.15, 0.2) is 0 Å². The molecule has 6 heteroatoms. The number of carbonyl (C=O) groups is 2. The van der Waals surface area contributed by atoms with Gasteiger partial charge in [-0.15, -0.1) is 0 Å². The van der Waals surface area contributed by atoms with Crippen molar-refractivity contribution in [2.24, 2.45) is 0 Å². The van der Waals surface area contributed by atoms with Gasteiger partial charge in [0.25, 0.3) is 0 Å². The highest BCUT2D eigenvalue weighted by Gasteiger charge is 2.26. The van der Waals surface area contributed by atoms with Gasteiger partial charge in [0.05, 0.1) is 6.54 Å². The molecule has 0 saturated carbocycles. The third kappa shape index (κ3) is 10.7. The molecule has 2 heterocycles. The second kappa shape index (κ2) is 11.5. The number of piperazine rings is 2. The maximum absolute atomic E-state index is 10.9. The maximum atomic E-state index is 10.9. The average Bonchev–Trinajstić information content (AvgIpc) is 2.59. The van der Waals surface area contributed by atoms with E-state index in [1.165, 1.54) is 0 Å². The molecule has 0 aromatic carbocycles. The topological polar surface area (TPSA) is 47.1 Å². The number of carbonyl (C=O) groups excluding carboxylic acids is 2. The second-order valence-electron chi connectivity index (χ2n) is 10.6. The van der Waals surface area contributed by atoms with Crippen LogP contribution in [0, 0.1) is 0 Å². The molecule has 170 valence electrons. The molecular weight excluding hydrogens is 364 g/mol. The fraction of sp³-hybridized carbons (Fsp3) is 0.913. The minimum atomic E-state index is 0.266. The van der Waals surface area contributed by atoms with Gasteiger partial charge in [-0.3, -0.25) is 24.3 Å². The summed E-state index contributed by atoms with van der Waals surface area (Å²) < 4.78 is 0. The minimum absolute atomic E-state index is 0.266. The van der Waals surface area contributed by atoms with Gasteiger partial charge in [0, 0.05) is 76.4 Å². The van der Waals surface area contributed by atoms with Crippen molar-refractivity contribution in [3.8, 4) is 0 Å². The van der Waals surface area contributed by atoms with Gasteiger partial charge in [-0.2, -0.15) is 0 Å². The first kappa shape index (κ1) is 26.2. The third-order valence-corrected chi connectivity index (χ3v) is 5.87. The summed E-state index contributed by atoms with van der Waals surface area (Å²) >= 11 is 0. The molecule has 29 heavy (non-hydrogen) atoms. The van der Waals surface area contributed by atoms with E-state index in [4.69, 9.17) is 0 Å². The minimum Gasteiger partial charge on any atom is -0.300 e. The van der Waals surface area contributed by atoms with E-state index in [1.807, 2.05) is 0 Å². The van der Waals surface area contributed by atoms with Crippen molar-refractivity contribution in [2.45, 2.75) is 72.9 Å². The summed E-state index contributed by atoms with van der Waals surface area (Å²) in [6, 6.07) is 0. The standard InChI is InChI=1S/C12H24N2O.C11H22N2O/c1-11(15)5-6-13-7-9-14(10-8-13)12(2,3)4;1-10(14)9-12-5-7-13(8-6-12)11(2,3)4/h5-10H2,1-4H3;5-9H2,1-4H3. The maximum Gasteiger partial charge on any atom is 0.143 e. The van der Waals surface area contributed by atoms with Crippen LogP contribution in [0.3, 0.4) is 0 Å². The lowest BCUT2D eigenvalue weighted by Crippen LogP contribution is -2.54. The Hall–Kier alpha value is -0.820. The van der Waals surface area contributed by atoms with Crippen LogP contribution in [0.25, 0.3) is 0 Å². The van der Waals surface area contributed by atoms with Gasteiger partial charge in [-0.1, -0.05) is 0 Å². The van der Waals surface area contributed by atoms with Gasteiger partial charge < -0.3 is 4.90 Å². The molecule has 2 saturated heterocycles. The number of Topliss-reactive ketones (excluding diaryl/α,β-unsaturated/α-hetero) is 2. The zero-order chi connectivity index (χ0) is 22.2. The van der Waals surface area contributed by atoms with E-state index in [-0.39, 0.29) is 16.9 Å². The Labute approximate surface area is 179 Å². The van der Waals surface area contributed by atoms with E-state index in [1.54, 1.807) is 13.8 Å². The molecule has 0 amide bonds. The van der Waals surface area contributed by atoms with Gasteiger partial charge >= 0.3 is 0 Å². The summed E-state index contributed by atoms with van der Waals surface area (Å²) in [5.74, 6) is 0.572. The molecule has 0 radical (unpaired) electrons. The van der Waals surface area contributed by atoms with E-state index < -0.39 is 0 Å². The lowest BCUT2D eigenvalue weighted by atomic mass is 10.0. The molecule has 2 aliphatic rings. The predicted octanol–water partition coefficient (Wildman–Crippen LogP) is 2.37. The summed E-state index contributed by atoms with van der Waals surface area (Å²) in [4.78, 5) is 31.4. The van der Waals surface area contributed by atoms with E-state index in [2.05, 4.69) is 61.1 Å². The molecule has 2 rings (SSSR count). The molecule has 6 nitrogen and oxygen atoms in total. The number of hydrogen-bond acceptors (Lipinski definition) is 6. The van der Waals surface area contributed by atoms with E-state index in [9.17, 15) is 9.59 Å². The highest BCUT2D eigenvalue weighted by atomic mass is 16.1. The van der Waals surface area contributed by atoms with Crippen LogP contribution in [0.4, 0.5) is 0 Å². The summed E-state index contributed by atoms with van der Waals surface area (Å²) in [5, 5.41) is 0. The summed E-state index contributed by atoms with van der Waals surface area (Å²) in [5.41, 5.74) is 0.551. The van der Waals surface area contributed by atoms with Crippen molar-refractivity contribution in [3.05, 3.63) is 0 Å². The Morgan fingerprint density at radius 3 is 1.31 bits per heavy atom. The molecule has 0 spiro atoms. The van der Waals surface area contributed by atoms with Crippen LogP contribution in [0.15, 0.2) is 0 Å². The molecule has 0 aliphatic carbocycles. The highest BCUT2D eigenvalue weighted by molar-refractivity contribution is 5.77. The van der Waals surface area contributed by atoms with Crippen molar-refractivity contribution in [3.63, 3.8) is 0 Å². The quantitative estimate of drug-likeness (QED) is 0.693. The first-order valence-corrected chi connectivity index (χ1v) is 11.2. The fourth-order valence-electron chi connectivity index (χ4n) is 3.85. The molecule has 0 aromatic heterocycles. The molecule has 0 atom stereocenters. The Kier molecular flexibility index (Phi) is 10.4. The van der Waals surface area contributed by atoms with Gasteiger partial charge in [0.1, 0.15) is 11.6 Å². The van der Waals surface area contributed by atoms with Gasteiger partial charge in [0.2, 0.25) is 0 Å². The van der Waals surface area contributed by atoms with Crippen molar-refractivity contribution >= 4 is 11.6 Å². The average molecular weight is 411 g/mol. The fourth-order valence-corrected chi connectivity index (χ4v) is 3.85. The summed E-state index contributed by atoms with van der Waals surface area (Å²) in [7, 11) is 0. The van der Waals surface area contributed by atoms with Crippen molar-refractivity contribution < 1.29 is 9.59 Å².